The maximum Gasteiger partial charge on any atom is 0.316 e. The molecule has 3 rings (SSSR count). The third kappa shape index (κ3) is 2.25. The van der Waals surface area contributed by atoms with Crippen molar-refractivity contribution < 1.29 is 4.79 Å². The number of nitrogens with zero attached hydrogens (tertiary/aromatic N) is 2. The molecule has 3 nitrogen and oxygen atoms in total. The highest BCUT2D eigenvalue weighted by Gasteiger charge is 2.52. The predicted octanol–water partition coefficient (Wildman–Crippen LogP) is 2.70. The number of carbonyl (C=O) groups is 1. The summed E-state index contributed by atoms with van der Waals surface area (Å²) in [4.78, 5) is 15.7. The average Bonchev–Trinajstić information content (AvgIpc) is 3.10. The molecule has 2 fully saturated rings. The Kier molecular flexibility index (Phi) is 3.04. The molecule has 0 atom stereocenters. The number of hydrogen-bond acceptors (Lipinski definition) is 2. The molecule has 0 unspecified atom stereocenters. The van der Waals surface area contributed by atoms with E-state index in [1.165, 1.54) is 5.56 Å². The molecule has 1 aromatic rings. The Morgan fingerprint density at radius 2 is 1.94 bits per heavy atom. The fraction of sp³-hybridized carbons (Fsp3) is 0.500. The molecule has 1 heterocycles. The van der Waals surface area contributed by atoms with Gasteiger partial charge in [-0.05, 0) is 30.0 Å². The van der Waals surface area contributed by atoms with E-state index in [2.05, 4.69) is 29.2 Å². The minimum Gasteiger partial charge on any atom is -0.321 e. The summed E-state index contributed by atoms with van der Waals surface area (Å²) in [6.45, 7) is 3.59. The van der Waals surface area contributed by atoms with Gasteiger partial charge in [0.25, 0.3) is 0 Å². The zero-order valence-electron chi connectivity index (χ0n) is 10.3. The normalized spacial score (nSPS) is 22.2. The van der Waals surface area contributed by atoms with Gasteiger partial charge in [-0.25, -0.2) is 0 Å². The number of benzene rings is 1. The molecule has 0 aromatic heterocycles. The highest BCUT2D eigenvalue weighted by atomic mass is 35.5. The van der Waals surface area contributed by atoms with E-state index < -0.39 is 0 Å². The van der Waals surface area contributed by atoms with E-state index in [1.807, 2.05) is 11.0 Å². The number of hydrogen-bond donors (Lipinski definition) is 0. The van der Waals surface area contributed by atoms with Crippen LogP contribution >= 0.6 is 11.6 Å². The fourth-order valence-electron chi connectivity index (χ4n) is 2.88. The SMILES string of the molecule is O=C(Cl)N1CCN(Cc2ccccc2)CC12CC2. The van der Waals surface area contributed by atoms with Gasteiger partial charge in [-0.2, -0.15) is 0 Å². The summed E-state index contributed by atoms with van der Waals surface area (Å²) < 4.78 is 0. The van der Waals surface area contributed by atoms with Gasteiger partial charge in [0.1, 0.15) is 0 Å². The summed E-state index contributed by atoms with van der Waals surface area (Å²) in [7, 11) is 0. The van der Waals surface area contributed by atoms with Crippen LogP contribution in [0, 0.1) is 0 Å². The van der Waals surface area contributed by atoms with Crippen molar-refractivity contribution in [2.45, 2.75) is 24.9 Å². The molecule has 1 aromatic carbocycles. The quantitative estimate of drug-likeness (QED) is 0.606. The second kappa shape index (κ2) is 4.56. The number of amides is 1. The van der Waals surface area contributed by atoms with Crippen molar-refractivity contribution >= 4 is 17.0 Å². The number of carbonyl (C=O) groups excluding carboxylic acids is 1. The third-order valence-electron chi connectivity index (χ3n) is 4.02. The molecular formula is C14H17ClN2O. The maximum absolute atomic E-state index is 11.4. The van der Waals surface area contributed by atoms with Crippen LogP contribution in [-0.4, -0.2) is 40.3 Å². The Morgan fingerprint density at radius 1 is 1.22 bits per heavy atom. The molecule has 96 valence electrons. The topological polar surface area (TPSA) is 23.6 Å². The van der Waals surface area contributed by atoms with E-state index in [-0.39, 0.29) is 10.9 Å². The van der Waals surface area contributed by atoms with Crippen LogP contribution in [0.2, 0.25) is 0 Å². The predicted molar refractivity (Wildman–Crippen MR) is 71.6 cm³/mol. The van der Waals surface area contributed by atoms with Crippen molar-refractivity contribution in [3.63, 3.8) is 0 Å². The Bertz CT molecular complexity index is 444. The van der Waals surface area contributed by atoms with Gasteiger partial charge in [-0.1, -0.05) is 30.3 Å². The van der Waals surface area contributed by atoms with Crippen LogP contribution in [0.1, 0.15) is 18.4 Å². The lowest BCUT2D eigenvalue weighted by Crippen LogP contribution is -2.55. The zero-order valence-corrected chi connectivity index (χ0v) is 11.1. The molecule has 0 N–H and O–H groups in total. The minimum atomic E-state index is -0.285. The number of piperazine rings is 1. The van der Waals surface area contributed by atoms with E-state index in [0.717, 1.165) is 39.0 Å². The Labute approximate surface area is 112 Å². The van der Waals surface area contributed by atoms with Crippen molar-refractivity contribution in [2.24, 2.45) is 0 Å². The summed E-state index contributed by atoms with van der Waals surface area (Å²) >= 11 is 5.66. The van der Waals surface area contributed by atoms with Crippen molar-refractivity contribution in [1.82, 2.24) is 9.80 Å². The fourth-order valence-corrected chi connectivity index (χ4v) is 3.15. The molecule has 18 heavy (non-hydrogen) atoms. The van der Waals surface area contributed by atoms with E-state index >= 15 is 0 Å². The van der Waals surface area contributed by atoms with Gasteiger partial charge in [0.15, 0.2) is 0 Å². The highest BCUT2D eigenvalue weighted by molar-refractivity contribution is 6.62. The van der Waals surface area contributed by atoms with Crippen LogP contribution in [0.25, 0.3) is 0 Å². The zero-order chi connectivity index (χ0) is 12.6. The maximum atomic E-state index is 11.4. The molecule has 1 aliphatic carbocycles. The molecule has 1 saturated carbocycles. The molecule has 1 spiro atoms. The molecule has 1 saturated heterocycles. The molecule has 0 radical (unpaired) electrons. The molecule has 1 aliphatic heterocycles. The first-order valence-corrected chi connectivity index (χ1v) is 6.81. The van der Waals surface area contributed by atoms with Gasteiger partial charge in [-0.3, -0.25) is 9.69 Å². The van der Waals surface area contributed by atoms with Gasteiger partial charge in [-0.15, -0.1) is 0 Å². The van der Waals surface area contributed by atoms with E-state index in [1.54, 1.807) is 0 Å². The average molecular weight is 265 g/mol. The summed E-state index contributed by atoms with van der Waals surface area (Å²) in [5.41, 5.74) is 1.38. The van der Waals surface area contributed by atoms with E-state index in [9.17, 15) is 4.79 Å². The van der Waals surface area contributed by atoms with Crippen LogP contribution in [0.4, 0.5) is 4.79 Å². The van der Waals surface area contributed by atoms with E-state index in [0.29, 0.717) is 0 Å². The van der Waals surface area contributed by atoms with Crippen LogP contribution in [0.5, 0.6) is 0 Å². The van der Waals surface area contributed by atoms with Crippen molar-refractivity contribution in [3.05, 3.63) is 35.9 Å². The van der Waals surface area contributed by atoms with E-state index in [4.69, 9.17) is 11.6 Å². The Morgan fingerprint density at radius 3 is 2.56 bits per heavy atom. The largest absolute Gasteiger partial charge is 0.321 e. The van der Waals surface area contributed by atoms with Gasteiger partial charge in [0.2, 0.25) is 0 Å². The summed E-state index contributed by atoms with van der Waals surface area (Å²) in [5.74, 6) is 0. The number of halogens is 1. The van der Waals surface area contributed by atoms with Crippen molar-refractivity contribution in [2.75, 3.05) is 19.6 Å². The lowest BCUT2D eigenvalue weighted by Gasteiger charge is -2.41. The molecule has 2 aliphatic rings. The summed E-state index contributed by atoms with van der Waals surface area (Å²) in [6, 6.07) is 10.5. The van der Waals surface area contributed by atoms with Crippen molar-refractivity contribution in [3.8, 4) is 0 Å². The monoisotopic (exact) mass is 264 g/mol. The summed E-state index contributed by atoms with van der Waals surface area (Å²) in [6.07, 6.45) is 2.19. The molecular weight excluding hydrogens is 248 g/mol. The number of rotatable bonds is 2. The lowest BCUT2D eigenvalue weighted by atomic mass is 10.1. The summed E-state index contributed by atoms with van der Waals surface area (Å²) in [5, 5.41) is -0.285. The third-order valence-corrected chi connectivity index (χ3v) is 4.22. The smallest absolute Gasteiger partial charge is 0.316 e. The van der Waals surface area contributed by atoms with Crippen LogP contribution in [0.15, 0.2) is 30.3 Å². The second-order valence-electron chi connectivity index (χ2n) is 5.33. The molecule has 0 bridgehead atoms. The van der Waals surface area contributed by atoms with Gasteiger partial charge < -0.3 is 4.90 Å². The Balaban J connectivity index is 1.66. The Hall–Kier alpha value is -1.06. The van der Waals surface area contributed by atoms with Crippen LogP contribution in [0.3, 0.4) is 0 Å². The lowest BCUT2D eigenvalue weighted by molar-refractivity contribution is 0.0878. The highest BCUT2D eigenvalue weighted by Crippen LogP contribution is 2.45. The van der Waals surface area contributed by atoms with Gasteiger partial charge in [0.05, 0.1) is 5.54 Å². The molecule has 1 amide bonds. The first-order valence-electron chi connectivity index (χ1n) is 6.43. The standard InChI is InChI=1S/C14H17ClN2O/c15-13(18)17-9-8-16(11-14(17)6-7-14)10-12-4-2-1-3-5-12/h1-5H,6-11H2. The minimum absolute atomic E-state index is 0.0475. The first-order chi connectivity index (χ1) is 8.70. The first kappa shape index (κ1) is 12.0. The molecule has 4 heteroatoms. The van der Waals surface area contributed by atoms with Crippen LogP contribution < -0.4 is 0 Å². The van der Waals surface area contributed by atoms with Gasteiger partial charge in [0, 0.05) is 26.2 Å². The van der Waals surface area contributed by atoms with Gasteiger partial charge >= 0.3 is 5.37 Å². The van der Waals surface area contributed by atoms with Crippen LogP contribution in [-0.2, 0) is 6.54 Å². The van der Waals surface area contributed by atoms with Crippen molar-refractivity contribution in [1.29, 1.82) is 0 Å². The second-order valence-corrected chi connectivity index (χ2v) is 5.65.